The van der Waals surface area contributed by atoms with Crippen LogP contribution in [-0.4, -0.2) is 85.2 Å². The first-order chi connectivity index (χ1) is 14.3. The average molecular weight is 417 g/mol. The molecular weight excluding hydrogens is 380 g/mol. The Hall–Kier alpha value is -2.12. The van der Waals surface area contributed by atoms with Crippen LogP contribution in [0.25, 0.3) is 0 Å². The molecule has 3 rings (SSSR count). The predicted octanol–water partition coefficient (Wildman–Crippen LogP) is 1.71. The second-order valence-electron chi connectivity index (χ2n) is 9.07. The van der Waals surface area contributed by atoms with Crippen LogP contribution < -0.4 is 10.2 Å². The van der Waals surface area contributed by atoms with Crippen LogP contribution in [0.2, 0.25) is 0 Å². The molecule has 0 unspecified atom stereocenters. The van der Waals surface area contributed by atoms with E-state index in [9.17, 15) is 14.7 Å². The molecule has 0 aromatic heterocycles. The molecule has 1 aromatic carbocycles. The quantitative estimate of drug-likeness (QED) is 0.764. The van der Waals surface area contributed by atoms with E-state index in [2.05, 4.69) is 10.2 Å². The zero-order valence-corrected chi connectivity index (χ0v) is 18.6. The lowest BCUT2D eigenvalue weighted by atomic mass is 9.93. The van der Waals surface area contributed by atoms with Gasteiger partial charge in [0.15, 0.2) is 0 Å². The Morgan fingerprint density at radius 3 is 2.57 bits per heavy atom. The highest BCUT2D eigenvalue weighted by Crippen LogP contribution is 2.26. The van der Waals surface area contributed by atoms with Crippen molar-refractivity contribution in [1.29, 1.82) is 0 Å². The van der Waals surface area contributed by atoms with Gasteiger partial charge in [0.1, 0.15) is 0 Å². The van der Waals surface area contributed by atoms with Crippen LogP contribution in [0.1, 0.15) is 49.4 Å². The number of likely N-dealkylation sites (tertiary alicyclic amines) is 2. The van der Waals surface area contributed by atoms with Crippen LogP contribution in [0.15, 0.2) is 24.3 Å². The number of rotatable bonds is 5. The Labute approximate surface area is 180 Å². The van der Waals surface area contributed by atoms with Crippen molar-refractivity contribution < 1.29 is 14.7 Å². The second-order valence-corrected chi connectivity index (χ2v) is 9.07. The van der Waals surface area contributed by atoms with Crippen molar-refractivity contribution in [3.63, 3.8) is 0 Å². The van der Waals surface area contributed by atoms with Gasteiger partial charge in [-0.15, -0.1) is 0 Å². The molecule has 1 atom stereocenters. The van der Waals surface area contributed by atoms with E-state index in [-0.39, 0.29) is 17.9 Å². The van der Waals surface area contributed by atoms with Crippen molar-refractivity contribution in [2.75, 3.05) is 51.7 Å². The molecule has 2 heterocycles. The van der Waals surface area contributed by atoms with Crippen LogP contribution in [0.5, 0.6) is 0 Å². The molecule has 0 spiro atoms. The van der Waals surface area contributed by atoms with Gasteiger partial charge >= 0.3 is 0 Å². The first-order valence-corrected chi connectivity index (χ1v) is 11.0. The summed E-state index contributed by atoms with van der Waals surface area (Å²) in [6.45, 7) is 5.21. The SMILES string of the molecule is CC(=O)NC1CCN(C[C@@]2(O)CCCN(C(=O)c3cccc(N(C)C)c3)CC2)CC1. The molecule has 30 heavy (non-hydrogen) atoms. The van der Waals surface area contributed by atoms with Crippen molar-refractivity contribution in [3.8, 4) is 0 Å². The molecule has 2 saturated heterocycles. The number of carbonyl (C=O) groups is 2. The number of carbonyl (C=O) groups excluding carboxylic acids is 2. The Balaban J connectivity index is 1.54. The molecule has 0 bridgehead atoms. The lowest BCUT2D eigenvalue weighted by molar-refractivity contribution is -0.120. The number of aliphatic hydroxyl groups is 1. The molecular formula is C23H36N4O3. The van der Waals surface area contributed by atoms with E-state index >= 15 is 0 Å². The molecule has 0 radical (unpaired) electrons. The van der Waals surface area contributed by atoms with Gasteiger partial charge in [-0.05, 0) is 50.3 Å². The highest BCUT2D eigenvalue weighted by atomic mass is 16.3. The van der Waals surface area contributed by atoms with Crippen LogP contribution in [0, 0.1) is 0 Å². The molecule has 2 N–H and O–H groups in total. The van der Waals surface area contributed by atoms with Gasteiger partial charge in [-0.25, -0.2) is 0 Å². The number of nitrogens with one attached hydrogen (secondary N) is 1. The fourth-order valence-electron chi connectivity index (χ4n) is 4.58. The fourth-order valence-corrected chi connectivity index (χ4v) is 4.58. The van der Waals surface area contributed by atoms with Gasteiger partial charge < -0.3 is 25.1 Å². The highest BCUT2D eigenvalue weighted by molar-refractivity contribution is 5.95. The number of amides is 2. The topological polar surface area (TPSA) is 76.1 Å². The molecule has 166 valence electrons. The normalized spacial score (nSPS) is 23.7. The van der Waals surface area contributed by atoms with Crippen molar-refractivity contribution in [2.45, 2.75) is 50.7 Å². The maximum absolute atomic E-state index is 13.0. The van der Waals surface area contributed by atoms with Gasteiger partial charge in [0.25, 0.3) is 5.91 Å². The maximum Gasteiger partial charge on any atom is 0.253 e. The number of nitrogens with zero attached hydrogens (tertiary/aromatic N) is 3. The third-order valence-electron chi connectivity index (χ3n) is 6.33. The summed E-state index contributed by atoms with van der Waals surface area (Å²) in [4.78, 5) is 30.5. The summed E-state index contributed by atoms with van der Waals surface area (Å²) < 4.78 is 0. The zero-order chi connectivity index (χ0) is 21.7. The highest BCUT2D eigenvalue weighted by Gasteiger charge is 2.34. The minimum absolute atomic E-state index is 0.0247. The number of hydrogen-bond donors (Lipinski definition) is 2. The van der Waals surface area contributed by atoms with E-state index in [4.69, 9.17) is 0 Å². The molecule has 2 fully saturated rings. The lowest BCUT2D eigenvalue weighted by Gasteiger charge is -2.38. The first-order valence-electron chi connectivity index (χ1n) is 11.0. The number of benzene rings is 1. The van der Waals surface area contributed by atoms with Gasteiger partial charge in [-0.1, -0.05) is 6.07 Å². The monoisotopic (exact) mass is 416 g/mol. The molecule has 0 aliphatic carbocycles. The summed E-state index contributed by atoms with van der Waals surface area (Å²) in [5.74, 6) is 0.0656. The molecule has 2 aliphatic heterocycles. The van der Waals surface area contributed by atoms with Crippen molar-refractivity contribution in [1.82, 2.24) is 15.1 Å². The smallest absolute Gasteiger partial charge is 0.253 e. The maximum atomic E-state index is 13.0. The van der Waals surface area contributed by atoms with E-state index in [1.807, 2.05) is 48.2 Å². The van der Waals surface area contributed by atoms with Crippen molar-refractivity contribution >= 4 is 17.5 Å². The number of hydrogen-bond acceptors (Lipinski definition) is 5. The predicted molar refractivity (Wildman–Crippen MR) is 119 cm³/mol. The van der Waals surface area contributed by atoms with Crippen LogP contribution in [0.4, 0.5) is 5.69 Å². The Bertz CT molecular complexity index is 746. The molecule has 2 aliphatic rings. The van der Waals surface area contributed by atoms with Gasteiger partial charge in [-0.2, -0.15) is 0 Å². The van der Waals surface area contributed by atoms with Crippen molar-refractivity contribution in [2.24, 2.45) is 0 Å². The van der Waals surface area contributed by atoms with Gasteiger partial charge in [0.2, 0.25) is 5.91 Å². The van der Waals surface area contributed by atoms with Gasteiger partial charge in [0.05, 0.1) is 5.60 Å². The standard InChI is InChI=1S/C23H36N4O3/c1-18(28)24-20-8-13-26(14-9-20)17-23(30)10-5-12-27(15-11-23)22(29)19-6-4-7-21(16-19)25(2)3/h4,6-7,16,20,30H,5,8-15,17H2,1-3H3,(H,24,28)/t23-/m1/s1. The minimum Gasteiger partial charge on any atom is -0.388 e. The largest absolute Gasteiger partial charge is 0.388 e. The van der Waals surface area contributed by atoms with Gasteiger partial charge in [0, 0.05) is 71.0 Å². The first kappa shape index (κ1) is 22.6. The molecule has 7 nitrogen and oxygen atoms in total. The third kappa shape index (κ3) is 5.95. The van der Waals surface area contributed by atoms with E-state index in [0.717, 1.165) is 38.0 Å². The van der Waals surface area contributed by atoms with Crippen molar-refractivity contribution in [3.05, 3.63) is 29.8 Å². The summed E-state index contributed by atoms with van der Waals surface area (Å²) in [7, 11) is 3.93. The molecule has 0 saturated carbocycles. The lowest BCUT2D eigenvalue weighted by Crippen LogP contribution is -2.50. The fraction of sp³-hybridized carbons (Fsp3) is 0.652. The third-order valence-corrected chi connectivity index (χ3v) is 6.33. The van der Waals surface area contributed by atoms with E-state index in [1.54, 1.807) is 6.92 Å². The molecule has 2 amide bonds. The average Bonchev–Trinajstić information content (AvgIpc) is 2.90. The van der Waals surface area contributed by atoms with Crippen LogP contribution in [-0.2, 0) is 4.79 Å². The summed E-state index contributed by atoms with van der Waals surface area (Å²) >= 11 is 0. The van der Waals surface area contributed by atoms with Crippen LogP contribution >= 0.6 is 0 Å². The van der Waals surface area contributed by atoms with E-state index in [1.165, 1.54) is 0 Å². The number of anilines is 1. The Morgan fingerprint density at radius 2 is 1.90 bits per heavy atom. The van der Waals surface area contributed by atoms with E-state index in [0.29, 0.717) is 38.0 Å². The Kier molecular flexibility index (Phi) is 7.36. The summed E-state index contributed by atoms with van der Waals surface area (Å²) in [6, 6.07) is 7.95. The summed E-state index contributed by atoms with van der Waals surface area (Å²) in [5, 5.41) is 14.2. The summed E-state index contributed by atoms with van der Waals surface area (Å²) in [5.41, 5.74) is 0.947. The van der Waals surface area contributed by atoms with E-state index < -0.39 is 5.60 Å². The number of β-amino-alcohol motifs (C(OH)–C–C–N with tert-alkyl or cyclic N) is 1. The zero-order valence-electron chi connectivity index (χ0n) is 18.6. The van der Waals surface area contributed by atoms with Gasteiger partial charge in [-0.3, -0.25) is 9.59 Å². The Morgan fingerprint density at radius 1 is 1.17 bits per heavy atom. The summed E-state index contributed by atoms with van der Waals surface area (Å²) in [6.07, 6.45) is 3.95. The number of piperidine rings is 1. The second kappa shape index (κ2) is 9.79. The van der Waals surface area contributed by atoms with Crippen LogP contribution in [0.3, 0.4) is 0 Å². The molecule has 7 heteroatoms. The molecule has 1 aromatic rings. The minimum atomic E-state index is -0.763.